The van der Waals surface area contributed by atoms with Crippen molar-refractivity contribution in [3.05, 3.63) is 45.9 Å². The van der Waals surface area contributed by atoms with Crippen LogP contribution < -0.4 is 10.6 Å². The zero-order chi connectivity index (χ0) is 20.7. The fourth-order valence-corrected chi connectivity index (χ4v) is 5.44. The summed E-state index contributed by atoms with van der Waals surface area (Å²) in [4.78, 5) is 9.05. The van der Waals surface area contributed by atoms with Crippen LogP contribution in [0.25, 0.3) is 0 Å². The van der Waals surface area contributed by atoms with Crippen molar-refractivity contribution in [1.29, 1.82) is 0 Å². The molecule has 10 heteroatoms. The predicted molar refractivity (Wildman–Crippen MR) is 133 cm³/mol. The summed E-state index contributed by atoms with van der Waals surface area (Å²) < 4.78 is 27.0. The van der Waals surface area contributed by atoms with Crippen LogP contribution in [-0.4, -0.2) is 50.3 Å². The Kier molecular flexibility index (Phi) is 9.98. The van der Waals surface area contributed by atoms with Gasteiger partial charge in [-0.25, -0.2) is 13.4 Å². The zero-order valence-electron chi connectivity index (χ0n) is 17.4. The summed E-state index contributed by atoms with van der Waals surface area (Å²) in [6.45, 7) is 4.56. The van der Waals surface area contributed by atoms with Gasteiger partial charge in [0, 0.05) is 45.0 Å². The molecule has 7 nitrogen and oxygen atoms in total. The molecule has 1 saturated heterocycles. The highest BCUT2D eigenvalue weighted by atomic mass is 127. The number of hydrogen-bond donors (Lipinski definition) is 2. The molecule has 2 N–H and O–H groups in total. The van der Waals surface area contributed by atoms with Crippen molar-refractivity contribution in [2.24, 2.45) is 4.99 Å². The van der Waals surface area contributed by atoms with E-state index in [4.69, 9.17) is 0 Å². The van der Waals surface area contributed by atoms with Gasteiger partial charge in [0.15, 0.2) is 5.96 Å². The Labute approximate surface area is 200 Å². The number of thiazole rings is 1. The number of aryl methyl sites for hydroxylation is 1. The number of piperidine rings is 1. The van der Waals surface area contributed by atoms with Gasteiger partial charge < -0.3 is 10.6 Å². The lowest BCUT2D eigenvalue weighted by molar-refractivity contribution is 0.346. The minimum Gasteiger partial charge on any atom is -0.356 e. The van der Waals surface area contributed by atoms with Gasteiger partial charge in [-0.05, 0) is 37.5 Å². The van der Waals surface area contributed by atoms with Crippen LogP contribution in [0.4, 0.5) is 0 Å². The van der Waals surface area contributed by atoms with E-state index in [2.05, 4.69) is 26.0 Å². The van der Waals surface area contributed by atoms with Crippen molar-refractivity contribution >= 4 is 51.3 Å². The SMILES string of the molecule is CN=C(NCCc1csc(C)n1)NCc1ccc(S(=O)(=O)N2CCCCC2)cc1.I. The minimum atomic E-state index is -3.38. The third-order valence-electron chi connectivity index (χ3n) is 4.90. The molecule has 1 aromatic carbocycles. The van der Waals surface area contributed by atoms with Gasteiger partial charge in [0.25, 0.3) is 0 Å². The molecule has 1 aliphatic heterocycles. The summed E-state index contributed by atoms with van der Waals surface area (Å²) in [6, 6.07) is 7.10. The van der Waals surface area contributed by atoms with Crippen LogP contribution in [0.3, 0.4) is 0 Å². The Morgan fingerprint density at radius 3 is 2.47 bits per heavy atom. The maximum atomic E-state index is 12.7. The smallest absolute Gasteiger partial charge is 0.243 e. The molecule has 1 aliphatic rings. The number of nitrogens with zero attached hydrogens (tertiary/aromatic N) is 3. The molecular weight excluding hydrogens is 533 g/mol. The molecule has 0 amide bonds. The van der Waals surface area contributed by atoms with E-state index >= 15 is 0 Å². The average Bonchev–Trinajstić information content (AvgIpc) is 3.16. The van der Waals surface area contributed by atoms with Crippen LogP contribution in [0, 0.1) is 6.92 Å². The highest BCUT2D eigenvalue weighted by Crippen LogP contribution is 2.20. The van der Waals surface area contributed by atoms with Gasteiger partial charge in [-0.2, -0.15) is 4.31 Å². The summed E-state index contributed by atoms with van der Waals surface area (Å²) in [5, 5.41) is 9.69. The van der Waals surface area contributed by atoms with E-state index in [0.717, 1.165) is 48.5 Å². The van der Waals surface area contributed by atoms with Crippen LogP contribution in [0.1, 0.15) is 35.5 Å². The quantitative estimate of drug-likeness (QED) is 0.307. The van der Waals surface area contributed by atoms with Gasteiger partial charge in [-0.1, -0.05) is 18.6 Å². The monoisotopic (exact) mass is 563 g/mol. The Balaban J connectivity index is 0.00000320. The van der Waals surface area contributed by atoms with Crippen LogP contribution >= 0.6 is 35.3 Å². The first-order chi connectivity index (χ1) is 14.0. The first-order valence-corrected chi connectivity index (χ1v) is 12.3. The molecule has 0 aliphatic carbocycles. The van der Waals surface area contributed by atoms with Crippen molar-refractivity contribution in [3.8, 4) is 0 Å². The van der Waals surface area contributed by atoms with Gasteiger partial charge in [-0.15, -0.1) is 35.3 Å². The predicted octanol–water partition coefficient (Wildman–Crippen LogP) is 3.15. The van der Waals surface area contributed by atoms with E-state index in [9.17, 15) is 8.42 Å². The van der Waals surface area contributed by atoms with E-state index in [1.54, 1.807) is 34.8 Å². The van der Waals surface area contributed by atoms with Crippen LogP contribution in [-0.2, 0) is 23.0 Å². The van der Waals surface area contributed by atoms with E-state index in [0.29, 0.717) is 30.5 Å². The molecular formula is C20H30IN5O2S2. The zero-order valence-corrected chi connectivity index (χ0v) is 21.4. The van der Waals surface area contributed by atoms with Crippen LogP contribution in [0.2, 0.25) is 0 Å². The molecule has 2 heterocycles. The minimum absolute atomic E-state index is 0. The van der Waals surface area contributed by atoms with Crippen molar-refractivity contribution < 1.29 is 8.42 Å². The number of hydrogen-bond acceptors (Lipinski definition) is 5. The number of rotatable bonds is 7. The van der Waals surface area contributed by atoms with E-state index < -0.39 is 10.0 Å². The summed E-state index contributed by atoms with van der Waals surface area (Å²) >= 11 is 1.66. The second-order valence-corrected chi connectivity index (χ2v) is 10.1. The Hall–Kier alpha value is -1.24. The first-order valence-electron chi connectivity index (χ1n) is 9.93. The Morgan fingerprint density at radius 1 is 1.17 bits per heavy atom. The lowest BCUT2D eigenvalue weighted by Gasteiger charge is -2.25. The highest BCUT2D eigenvalue weighted by Gasteiger charge is 2.25. The molecule has 1 fully saturated rings. The lowest BCUT2D eigenvalue weighted by Crippen LogP contribution is -2.38. The molecule has 3 rings (SSSR count). The van der Waals surface area contributed by atoms with Crippen molar-refractivity contribution in [3.63, 3.8) is 0 Å². The van der Waals surface area contributed by atoms with E-state index in [1.807, 2.05) is 19.1 Å². The second kappa shape index (κ2) is 12.0. The number of guanidine groups is 1. The van der Waals surface area contributed by atoms with Gasteiger partial charge >= 0.3 is 0 Å². The fraction of sp³-hybridized carbons (Fsp3) is 0.500. The van der Waals surface area contributed by atoms with Gasteiger partial charge in [0.1, 0.15) is 0 Å². The number of halogens is 1. The van der Waals surface area contributed by atoms with Crippen molar-refractivity contribution in [2.75, 3.05) is 26.7 Å². The third-order valence-corrected chi connectivity index (χ3v) is 7.64. The third kappa shape index (κ3) is 6.89. The number of nitrogens with one attached hydrogen (secondary N) is 2. The summed E-state index contributed by atoms with van der Waals surface area (Å²) in [5.74, 6) is 0.710. The topological polar surface area (TPSA) is 86.7 Å². The molecule has 0 radical (unpaired) electrons. The number of aliphatic imine (C=N–C) groups is 1. The summed E-state index contributed by atoms with van der Waals surface area (Å²) in [7, 11) is -1.65. The maximum Gasteiger partial charge on any atom is 0.243 e. The van der Waals surface area contributed by atoms with Gasteiger partial charge in [0.05, 0.1) is 15.6 Å². The highest BCUT2D eigenvalue weighted by molar-refractivity contribution is 14.0. The normalized spacial score (nSPS) is 15.5. The largest absolute Gasteiger partial charge is 0.356 e. The molecule has 0 spiro atoms. The standard InChI is InChI=1S/C20H29N5O2S2.HI/c1-16-24-18(15-28-16)10-11-22-20(21-2)23-14-17-6-8-19(9-7-17)29(26,27)25-12-4-3-5-13-25;/h6-9,15H,3-5,10-14H2,1-2H3,(H2,21,22,23);1H. The average molecular weight is 564 g/mol. The molecule has 0 bridgehead atoms. The van der Waals surface area contributed by atoms with Crippen molar-refractivity contribution in [2.45, 2.75) is 44.0 Å². The maximum absolute atomic E-state index is 12.7. The van der Waals surface area contributed by atoms with Crippen molar-refractivity contribution in [1.82, 2.24) is 19.9 Å². The van der Waals surface area contributed by atoms with Crippen LogP contribution in [0.5, 0.6) is 0 Å². The van der Waals surface area contributed by atoms with Crippen LogP contribution in [0.15, 0.2) is 39.5 Å². The summed E-state index contributed by atoms with van der Waals surface area (Å²) in [5.41, 5.74) is 2.08. The van der Waals surface area contributed by atoms with Gasteiger partial charge in [-0.3, -0.25) is 4.99 Å². The van der Waals surface area contributed by atoms with Gasteiger partial charge in [0.2, 0.25) is 10.0 Å². The molecule has 1 aromatic heterocycles. The van der Waals surface area contributed by atoms with E-state index in [-0.39, 0.29) is 24.0 Å². The molecule has 0 atom stereocenters. The number of benzene rings is 1. The Bertz CT molecular complexity index is 923. The second-order valence-electron chi connectivity index (χ2n) is 7.07. The number of aromatic nitrogens is 1. The molecule has 0 unspecified atom stereocenters. The Morgan fingerprint density at radius 2 is 1.87 bits per heavy atom. The molecule has 30 heavy (non-hydrogen) atoms. The first kappa shape index (κ1) is 25.0. The van der Waals surface area contributed by atoms with E-state index in [1.165, 1.54) is 0 Å². The number of sulfonamides is 1. The fourth-order valence-electron chi connectivity index (χ4n) is 3.27. The summed E-state index contributed by atoms with van der Waals surface area (Å²) in [6.07, 6.45) is 3.83. The molecule has 2 aromatic rings. The molecule has 166 valence electrons. The molecule has 0 saturated carbocycles. The lowest BCUT2D eigenvalue weighted by atomic mass is 10.2.